The van der Waals surface area contributed by atoms with Crippen LogP contribution in [0.2, 0.25) is 5.02 Å². The summed E-state index contributed by atoms with van der Waals surface area (Å²) >= 11 is 6.15. The normalized spacial score (nSPS) is 10.5. The number of amides is 1. The van der Waals surface area contributed by atoms with E-state index in [1.165, 1.54) is 0 Å². The fraction of sp³-hybridized carbons (Fsp3) is 0.267. The molecule has 0 aliphatic carbocycles. The Bertz CT molecular complexity index is 553. The third-order valence-corrected chi connectivity index (χ3v) is 3.17. The number of nitrogens with one attached hydrogen (secondary N) is 1. The van der Waals surface area contributed by atoms with Crippen molar-refractivity contribution in [1.82, 2.24) is 0 Å². The van der Waals surface area contributed by atoms with Gasteiger partial charge in [-0.2, -0.15) is 0 Å². The lowest BCUT2D eigenvalue weighted by molar-refractivity contribution is -0.116. The van der Waals surface area contributed by atoms with E-state index in [1.54, 1.807) is 6.26 Å². The molecule has 19 heavy (non-hydrogen) atoms. The highest BCUT2D eigenvalue weighted by atomic mass is 35.5. The third kappa shape index (κ3) is 3.61. The number of halogens is 1. The van der Waals surface area contributed by atoms with Gasteiger partial charge < -0.3 is 9.73 Å². The van der Waals surface area contributed by atoms with Gasteiger partial charge in [0.1, 0.15) is 5.76 Å². The van der Waals surface area contributed by atoms with Crippen LogP contribution in [0.25, 0.3) is 0 Å². The number of rotatable bonds is 4. The van der Waals surface area contributed by atoms with Crippen molar-refractivity contribution in [2.24, 2.45) is 0 Å². The minimum absolute atomic E-state index is 0.0646. The molecule has 2 rings (SSSR count). The lowest BCUT2D eigenvalue weighted by Crippen LogP contribution is -2.13. The molecule has 1 N–H and O–H groups in total. The number of carbonyl (C=O) groups is 1. The van der Waals surface area contributed by atoms with Crippen molar-refractivity contribution in [3.05, 3.63) is 52.4 Å². The van der Waals surface area contributed by atoms with E-state index >= 15 is 0 Å². The number of hydrogen-bond donors (Lipinski definition) is 1. The van der Waals surface area contributed by atoms with Crippen molar-refractivity contribution in [3.63, 3.8) is 0 Å². The van der Waals surface area contributed by atoms with Crippen LogP contribution >= 0.6 is 11.6 Å². The van der Waals surface area contributed by atoms with Crippen LogP contribution in [0.1, 0.15) is 23.3 Å². The molecule has 0 aliphatic heterocycles. The Morgan fingerprint density at radius 2 is 2.16 bits per heavy atom. The van der Waals surface area contributed by atoms with Gasteiger partial charge in [-0.05, 0) is 43.2 Å². The summed E-state index contributed by atoms with van der Waals surface area (Å²) < 4.78 is 5.19. The quantitative estimate of drug-likeness (QED) is 0.913. The molecule has 0 unspecified atom stereocenters. The highest BCUT2D eigenvalue weighted by Crippen LogP contribution is 2.27. The maximum Gasteiger partial charge on any atom is 0.224 e. The van der Waals surface area contributed by atoms with Gasteiger partial charge in [-0.1, -0.05) is 17.7 Å². The van der Waals surface area contributed by atoms with Crippen molar-refractivity contribution in [2.45, 2.75) is 26.7 Å². The lowest BCUT2D eigenvalue weighted by atomic mass is 10.1. The minimum Gasteiger partial charge on any atom is -0.469 e. The van der Waals surface area contributed by atoms with Crippen molar-refractivity contribution < 1.29 is 9.21 Å². The van der Waals surface area contributed by atoms with Crippen LogP contribution in [-0.2, 0) is 11.2 Å². The number of furan rings is 1. The molecule has 0 radical (unpaired) electrons. The monoisotopic (exact) mass is 277 g/mol. The Kier molecular flexibility index (Phi) is 4.27. The number of aryl methyl sites for hydroxylation is 3. The van der Waals surface area contributed by atoms with E-state index in [0.29, 0.717) is 23.6 Å². The summed E-state index contributed by atoms with van der Waals surface area (Å²) in [6, 6.07) is 7.51. The Labute approximate surface area is 117 Å². The molecular weight excluding hydrogens is 262 g/mol. The first kappa shape index (κ1) is 13.7. The van der Waals surface area contributed by atoms with Gasteiger partial charge in [0.25, 0.3) is 0 Å². The molecule has 1 aromatic heterocycles. The number of benzene rings is 1. The average Bonchev–Trinajstić information content (AvgIpc) is 2.84. The van der Waals surface area contributed by atoms with Gasteiger partial charge in [0.05, 0.1) is 17.0 Å². The first-order chi connectivity index (χ1) is 9.06. The topological polar surface area (TPSA) is 42.2 Å². The average molecular weight is 278 g/mol. The molecule has 0 spiro atoms. The summed E-state index contributed by atoms with van der Waals surface area (Å²) in [5.74, 6) is 0.743. The Balaban J connectivity index is 1.99. The smallest absolute Gasteiger partial charge is 0.224 e. The van der Waals surface area contributed by atoms with Gasteiger partial charge in [0.15, 0.2) is 0 Å². The fourth-order valence-corrected chi connectivity index (χ4v) is 2.34. The molecule has 3 nitrogen and oxygen atoms in total. The van der Waals surface area contributed by atoms with E-state index in [2.05, 4.69) is 5.32 Å². The Morgan fingerprint density at radius 1 is 1.37 bits per heavy atom. The Morgan fingerprint density at radius 3 is 2.79 bits per heavy atom. The van der Waals surface area contributed by atoms with Crippen LogP contribution < -0.4 is 5.32 Å². The van der Waals surface area contributed by atoms with Crippen molar-refractivity contribution >= 4 is 23.2 Å². The molecule has 1 heterocycles. The molecule has 2 aromatic rings. The van der Waals surface area contributed by atoms with Gasteiger partial charge >= 0.3 is 0 Å². The lowest BCUT2D eigenvalue weighted by Gasteiger charge is -2.11. The SMILES string of the molecule is Cc1cc(C)c(NC(=O)CCc2ccco2)c(Cl)c1. The van der Waals surface area contributed by atoms with E-state index in [1.807, 2.05) is 38.1 Å². The Hall–Kier alpha value is -1.74. The third-order valence-electron chi connectivity index (χ3n) is 2.87. The van der Waals surface area contributed by atoms with Gasteiger partial charge in [-0.25, -0.2) is 0 Å². The summed E-state index contributed by atoms with van der Waals surface area (Å²) in [6.45, 7) is 3.91. The summed E-state index contributed by atoms with van der Waals surface area (Å²) in [7, 11) is 0. The second kappa shape index (κ2) is 5.93. The first-order valence-electron chi connectivity index (χ1n) is 6.15. The van der Waals surface area contributed by atoms with Crippen LogP contribution in [0.3, 0.4) is 0 Å². The largest absolute Gasteiger partial charge is 0.469 e. The van der Waals surface area contributed by atoms with Crippen molar-refractivity contribution in [3.8, 4) is 0 Å². The van der Waals surface area contributed by atoms with E-state index in [9.17, 15) is 4.79 Å². The highest BCUT2D eigenvalue weighted by molar-refractivity contribution is 6.34. The van der Waals surface area contributed by atoms with Gasteiger partial charge in [0, 0.05) is 12.8 Å². The molecule has 0 saturated heterocycles. The maximum atomic E-state index is 11.9. The molecule has 0 bridgehead atoms. The van der Waals surface area contributed by atoms with E-state index < -0.39 is 0 Å². The summed E-state index contributed by atoms with van der Waals surface area (Å²) in [5.41, 5.74) is 2.74. The van der Waals surface area contributed by atoms with Gasteiger partial charge in [0.2, 0.25) is 5.91 Å². The fourth-order valence-electron chi connectivity index (χ4n) is 1.97. The number of anilines is 1. The molecule has 100 valence electrons. The molecule has 0 saturated carbocycles. The zero-order valence-corrected chi connectivity index (χ0v) is 11.8. The van der Waals surface area contributed by atoms with Crippen LogP contribution in [0.4, 0.5) is 5.69 Å². The predicted octanol–water partition coefficient (Wildman–Crippen LogP) is 4.12. The van der Waals surface area contributed by atoms with Crippen LogP contribution in [0.5, 0.6) is 0 Å². The van der Waals surface area contributed by atoms with E-state index in [4.69, 9.17) is 16.0 Å². The maximum absolute atomic E-state index is 11.9. The van der Waals surface area contributed by atoms with E-state index in [-0.39, 0.29) is 5.91 Å². The molecular formula is C15H16ClNO2. The summed E-state index contributed by atoms with van der Waals surface area (Å²) in [6.07, 6.45) is 2.56. The van der Waals surface area contributed by atoms with Crippen molar-refractivity contribution in [2.75, 3.05) is 5.32 Å². The van der Waals surface area contributed by atoms with Crippen LogP contribution in [-0.4, -0.2) is 5.91 Å². The minimum atomic E-state index is -0.0646. The molecule has 0 fully saturated rings. The number of carbonyl (C=O) groups excluding carboxylic acids is 1. The van der Waals surface area contributed by atoms with E-state index in [0.717, 1.165) is 16.9 Å². The molecule has 1 aromatic carbocycles. The second-order valence-corrected chi connectivity index (χ2v) is 4.97. The molecule has 1 amide bonds. The predicted molar refractivity (Wildman–Crippen MR) is 76.6 cm³/mol. The summed E-state index contributed by atoms with van der Waals surface area (Å²) in [4.78, 5) is 11.9. The first-order valence-corrected chi connectivity index (χ1v) is 6.53. The molecule has 4 heteroatoms. The summed E-state index contributed by atoms with van der Waals surface area (Å²) in [5, 5.41) is 3.43. The standard InChI is InChI=1S/C15H16ClNO2/c1-10-8-11(2)15(13(16)9-10)17-14(18)6-5-12-4-3-7-19-12/h3-4,7-9H,5-6H2,1-2H3,(H,17,18). The zero-order chi connectivity index (χ0) is 13.8. The molecule has 0 atom stereocenters. The van der Waals surface area contributed by atoms with Gasteiger partial charge in [-0.3, -0.25) is 4.79 Å². The number of hydrogen-bond acceptors (Lipinski definition) is 2. The van der Waals surface area contributed by atoms with Gasteiger partial charge in [-0.15, -0.1) is 0 Å². The van der Waals surface area contributed by atoms with Crippen LogP contribution in [0.15, 0.2) is 34.9 Å². The molecule has 0 aliphatic rings. The van der Waals surface area contributed by atoms with Crippen LogP contribution in [0, 0.1) is 13.8 Å². The second-order valence-electron chi connectivity index (χ2n) is 4.57. The van der Waals surface area contributed by atoms with Crippen molar-refractivity contribution in [1.29, 1.82) is 0 Å². The zero-order valence-electron chi connectivity index (χ0n) is 11.0. The highest BCUT2D eigenvalue weighted by Gasteiger charge is 2.10.